The van der Waals surface area contributed by atoms with Crippen LogP contribution in [0.5, 0.6) is 5.75 Å². The van der Waals surface area contributed by atoms with Crippen LogP contribution in [0, 0.1) is 5.92 Å². The summed E-state index contributed by atoms with van der Waals surface area (Å²) < 4.78 is 5.25. The molecule has 11 nitrogen and oxygen atoms in total. The average molecular weight is 517 g/mol. The molecule has 2 atom stereocenters. The molecule has 0 bridgehead atoms. The van der Waals surface area contributed by atoms with E-state index in [2.05, 4.69) is 16.0 Å². The molecular formula is C26H36N4O7. The van der Waals surface area contributed by atoms with Crippen molar-refractivity contribution in [3.63, 3.8) is 0 Å². The van der Waals surface area contributed by atoms with Crippen LogP contribution in [0.1, 0.15) is 52.0 Å². The Bertz CT molecular complexity index is 1020. The van der Waals surface area contributed by atoms with E-state index in [-0.39, 0.29) is 36.7 Å². The molecule has 1 aromatic carbocycles. The number of aliphatic hydroxyl groups excluding tert-OH is 1. The zero-order valence-corrected chi connectivity index (χ0v) is 21.7. The van der Waals surface area contributed by atoms with Crippen molar-refractivity contribution >= 4 is 35.2 Å². The summed E-state index contributed by atoms with van der Waals surface area (Å²) in [7, 11) is 1.44. The maximum Gasteiger partial charge on any atom is 0.253 e. The van der Waals surface area contributed by atoms with Crippen molar-refractivity contribution in [2.75, 3.05) is 19.0 Å². The molecule has 11 heteroatoms. The Labute approximate surface area is 216 Å². The van der Waals surface area contributed by atoms with Gasteiger partial charge in [-0.1, -0.05) is 26.3 Å². The summed E-state index contributed by atoms with van der Waals surface area (Å²) in [6.45, 7) is 5.26. The van der Waals surface area contributed by atoms with E-state index in [4.69, 9.17) is 4.74 Å². The Morgan fingerprint density at radius 2 is 1.65 bits per heavy atom. The monoisotopic (exact) mass is 516 g/mol. The molecule has 1 heterocycles. The van der Waals surface area contributed by atoms with Gasteiger partial charge in [0.1, 0.15) is 17.8 Å². The van der Waals surface area contributed by atoms with Crippen molar-refractivity contribution in [3.05, 3.63) is 35.9 Å². The lowest BCUT2D eigenvalue weighted by atomic mass is 10.0. The molecule has 0 radical (unpaired) electrons. The Morgan fingerprint density at radius 1 is 0.973 bits per heavy atom. The minimum Gasteiger partial charge on any atom is -0.495 e. The molecule has 5 amide bonds. The van der Waals surface area contributed by atoms with Crippen molar-refractivity contribution in [1.82, 2.24) is 15.5 Å². The van der Waals surface area contributed by atoms with Gasteiger partial charge in [-0.05, 0) is 43.4 Å². The maximum absolute atomic E-state index is 12.8. The highest BCUT2D eigenvalue weighted by Gasteiger charge is 2.27. The molecule has 1 aliphatic heterocycles. The number of unbranched alkanes of at least 4 members (excludes halogenated alkanes) is 2. The number of hydrogen-bond acceptors (Lipinski definition) is 7. The molecule has 0 saturated heterocycles. The Morgan fingerprint density at radius 3 is 2.24 bits per heavy atom. The van der Waals surface area contributed by atoms with Crippen molar-refractivity contribution in [3.8, 4) is 5.75 Å². The SMILES string of the molecule is COc1cc(CO)ccc1NC(=O)[C@H](C)NC(=O)[C@@H](NC(=O)CCCCCN1C(=O)C=CC1=O)C(C)C. The summed E-state index contributed by atoms with van der Waals surface area (Å²) in [5.74, 6) is -1.74. The van der Waals surface area contributed by atoms with E-state index in [9.17, 15) is 29.1 Å². The summed E-state index contributed by atoms with van der Waals surface area (Å²) in [6.07, 6.45) is 4.44. The Kier molecular flexibility index (Phi) is 11.3. The second-order valence-electron chi connectivity index (χ2n) is 9.17. The fraction of sp³-hybridized carbons (Fsp3) is 0.500. The molecule has 0 spiro atoms. The second kappa shape index (κ2) is 14.1. The van der Waals surface area contributed by atoms with Gasteiger partial charge in [0.15, 0.2) is 0 Å². The molecule has 0 saturated carbocycles. The van der Waals surface area contributed by atoms with Crippen molar-refractivity contribution in [2.24, 2.45) is 5.92 Å². The smallest absolute Gasteiger partial charge is 0.253 e. The van der Waals surface area contributed by atoms with Gasteiger partial charge in [0.2, 0.25) is 17.7 Å². The number of ether oxygens (including phenoxy) is 1. The lowest BCUT2D eigenvalue weighted by Gasteiger charge is -2.24. The number of rotatable bonds is 14. The van der Waals surface area contributed by atoms with E-state index in [0.717, 1.165) is 4.90 Å². The first-order valence-corrected chi connectivity index (χ1v) is 12.3. The molecule has 202 valence electrons. The van der Waals surface area contributed by atoms with Gasteiger partial charge in [0.25, 0.3) is 11.8 Å². The number of anilines is 1. The van der Waals surface area contributed by atoms with Gasteiger partial charge >= 0.3 is 0 Å². The van der Waals surface area contributed by atoms with Crippen LogP contribution in [-0.2, 0) is 30.6 Å². The minimum atomic E-state index is -0.890. The normalized spacial score (nSPS) is 14.5. The Balaban J connectivity index is 1.81. The molecule has 1 aliphatic rings. The predicted molar refractivity (Wildman–Crippen MR) is 136 cm³/mol. The third-order valence-electron chi connectivity index (χ3n) is 5.91. The highest BCUT2D eigenvalue weighted by atomic mass is 16.5. The number of methoxy groups -OCH3 is 1. The minimum absolute atomic E-state index is 0.169. The second-order valence-corrected chi connectivity index (χ2v) is 9.17. The number of carbonyl (C=O) groups is 5. The van der Waals surface area contributed by atoms with Crippen LogP contribution in [0.4, 0.5) is 5.69 Å². The first-order valence-electron chi connectivity index (χ1n) is 12.3. The van der Waals surface area contributed by atoms with E-state index >= 15 is 0 Å². The van der Waals surface area contributed by atoms with Gasteiger partial charge in [-0.2, -0.15) is 0 Å². The summed E-state index contributed by atoms with van der Waals surface area (Å²) in [4.78, 5) is 62.2. The fourth-order valence-corrected chi connectivity index (χ4v) is 3.71. The Hall–Kier alpha value is -3.73. The molecule has 0 aromatic heterocycles. The molecule has 4 N–H and O–H groups in total. The van der Waals surface area contributed by atoms with Crippen LogP contribution in [0.25, 0.3) is 0 Å². The summed E-state index contributed by atoms with van der Waals surface area (Å²) in [5, 5.41) is 17.3. The molecule has 0 fully saturated rings. The molecule has 1 aromatic rings. The van der Waals surface area contributed by atoms with Crippen LogP contribution in [0.15, 0.2) is 30.4 Å². The van der Waals surface area contributed by atoms with Crippen LogP contribution in [-0.4, -0.2) is 65.3 Å². The van der Waals surface area contributed by atoms with Crippen molar-refractivity contribution in [2.45, 2.75) is 65.1 Å². The number of amides is 5. The predicted octanol–water partition coefficient (Wildman–Crippen LogP) is 1.26. The summed E-state index contributed by atoms with van der Waals surface area (Å²) in [5.41, 5.74) is 1.02. The molecule has 2 rings (SSSR count). The first-order chi connectivity index (χ1) is 17.6. The van der Waals surface area contributed by atoms with Crippen molar-refractivity contribution in [1.29, 1.82) is 0 Å². The van der Waals surface area contributed by atoms with E-state index in [1.54, 1.807) is 32.0 Å². The third-order valence-corrected chi connectivity index (χ3v) is 5.91. The quantitative estimate of drug-likeness (QED) is 0.214. The van der Waals surface area contributed by atoms with Crippen LogP contribution >= 0.6 is 0 Å². The first kappa shape index (κ1) is 29.5. The zero-order valence-electron chi connectivity index (χ0n) is 21.7. The topological polar surface area (TPSA) is 154 Å². The molecular weight excluding hydrogens is 480 g/mol. The van der Waals surface area contributed by atoms with E-state index < -0.39 is 23.9 Å². The highest BCUT2D eigenvalue weighted by Crippen LogP contribution is 2.25. The van der Waals surface area contributed by atoms with Crippen LogP contribution in [0.3, 0.4) is 0 Å². The standard InChI is InChI=1S/C26H36N4O7/c1-16(2)24(29-21(32)8-6-5-7-13-30-22(33)11-12-23(30)34)26(36)27-17(3)25(35)28-19-10-9-18(15-31)14-20(19)37-4/h9-12,14,16-17,24,31H,5-8,13,15H2,1-4H3,(H,27,36)(H,28,35)(H,29,32)/t17-,24-/m0/s1. The summed E-state index contributed by atoms with van der Waals surface area (Å²) in [6, 6.07) is 3.14. The van der Waals surface area contributed by atoms with E-state index in [0.29, 0.717) is 42.8 Å². The number of hydrogen-bond donors (Lipinski definition) is 4. The highest BCUT2D eigenvalue weighted by molar-refractivity contribution is 6.12. The molecule has 37 heavy (non-hydrogen) atoms. The van der Waals surface area contributed by atoms with E-state index in [1.807, 2.05) is 0 Å². The maximum atomic E-state index is 12.8. The van der Waals surface area contributed by atoms with Gasteiger partial charge in [-0.3, -0.25) is 28.9 Å². The lowest BCUT2D eigenvalue weighted by molar-refractivity contribution is -0.137. The zero-order chi connectivity index (χ0) is 27.5. The van der Waals surface area contributed by atoms with Gasteiger partial charge in [0, 0.05) is 25.1 Å². The number of benzene rings is 1. The lowest BCUT2D eigenvalue weighted by Crippen LogP contribution is -2.53. The van der Waals surface area contributed by atoms with Gasteiger partial charge in [0.05, 0.1) is 19.4 Å². The van der Waals surface area contributed by atoms with Gasteiger partial charge in [-0.15, -0.1) is 0 Å². The number of imide groups is 1. The third kappa shape index (κ3) is 8.71. The average Bonchev–Trinajstić information content (AvgIpc) is 3.18. The largest absolute Gasteiger partial charge is 0.495 e. The van der Waals surface area contributed by atoms with Crippen LogP contribution < -0.4 is 20.7 Å². The summed E-state index contributed by atoms with van der Waals surface area (Å²) >= 11 is 0. The number of aliphatic hydroxyl groups is 1. The molecule has 0 unspecified atom stereocenters. The number of carbonyl (C=O) groups excluding carboxylic acids is 5. The fourth-order valence-electron chi connectivity index (χ4n) is 3.71. The number of nitrogens with zero attached hydrogens (tertiary/aromatic N) is 1. The van der Waals surface area contributed by atoms with E-state index in [1.165, 1.54) is 26.2 Å². The van der Waals surface area contributed by atoms with Crippen molar-refractivity contribution < 1.29 is 33.8 Å². The number of nitrogens with one attached hydrogen (secondary N) is 3. The van der Waals surface area contributed by atoms with Gasteiger partial charge < -0.3 is 25.8 Å². The molecule has 0 aliphatic carbocycles. The van der Waals surface area contributed by atoms with Crippen LogP contribution in [0.2, 0.25) is 0 Å². The van der Waals surface area contributed by atoms with Gasteiger partial charge in [-0.25, -0.2) is 0 Å².